The maximum Gasteiger partial charge on any atom is 0.258 e. The lowest BCUT2D eigenvalue weighted by Gasteiger charge is -2.09. The van der Waals surface area contributed by atoms with Crippen molar-refractivity contribution in [2.45, 2.75) is 26.9 Å². The van der Waals surface area contributed by atoms with Crippen molar-refractivity contribution >= 4 is 34.4 Å². The molecule has 0 aliphatic rings. The van der Waals surface area contributed by atoms with Crippen molar-refractivity contribution < 1.29 is 9.18 Å². The van der Waals surface area contributed by atoms with E-state index in [1.165, 1.54) is 23.1 Å². The van der Waals surface area contributed by atoms with E-state index in [1.54, 1.807) is 18.3 Å². The molecule has 0 saturated heterocycles. The van der Waals surface area contributed by atoms with Crippen molar-refractivity contribution in [1.29, 1.82) is 0 Å². The summed E-state index contributed by atoms with van der Waals surface area (Å²) in [6.07, 6.45) is 3.17. The largest absolute Gasteiger partial charge is 0.289 e. The van der Waals surface area contributed by atoms with E-state index < -0.39 is 5.82 Å². The fourth-order valence-corrected chi connectivity index (χ4v) is 4.18. The highest BCUT2D eigenvalue weighted by atomic mass is 35.5. The van der Waals surface area contributed by atoms with E-state index >= 15 is 0 Å². The van der Waals surface area contributed by atoms with Crippen LogP contribution < -0.4 is 5.32 Å². The van der Waals surface area contributed by atoms with Crippen LogP contribution in [0.15, 0.2) is 61.1 Å². The van der Waals surface area contributed by atoms with E-state index in [1.807, 2.05) is 42.8 Å². The molecule has 1 amide bonds. The zero-order valence-corrected chi connectivity index (χ0v) is 19.8. The Balaban J connectivity index is 1.46. The van der Waals surface area contributed by atoms with Crippen LogP contribution in [0.2, 0.25) is 5.02 Å². The van der Waals surface area contributed by atoms with E-state index in [9.17, 15) is 9.18 Å². The van der Waals surface area contributed by atoms with E-state index in [2.05, 4.69) is 20.5 Å². The van der Waals surface area contributed by atoms with Crippen molar-refractivity contribution in [2.24, 2.45) is 0 Å². The van der Waals surface area contributed by atoms with E-state index in [0.717, 1.165) is 17.8 Å². The highest BCUT2D eigenvalue weighted by molar-refractivity contribution is 6.31. The summed E-state index contributed by atoms with van der Waals surface area (Å²) in [5.41, 5.74) is 3.89. The normalized spacial score (nSPS) is 11.2. The van der Waals surface area contributed by atoms with Crippen LogP contribution in [0, 0.1) is 12.7 Å². The molecule has 0 aliphatic heterocycles. The number of fused-ring (bicyclic) bond motifs is 1. The number of aromatic nitrogens is 6. The van der Waals surface area contributed by atoms with Gasteiger partial charge in [0.05, 0.1) is 29.5 Å². The molecule has 0 atom stereocenters. The molecule has 0 spiro atoms. The maximum absolute atomic E-state index is 14.1. The Morgan fingerprint density at radius 1 is 1.17 bits per heavy atom. The lowest BCUT2D eigenvalue weighted by molar-refractivity contribution is 0.102. The van der Waals surface area contributed by atoms with Crippen molar-refractivity contribution in [2.75, 3.05) is 5.32 Å². The Bertz CT molecular complexity index is 1540. The molecule has 0 aliphatic carbocycles. The van der Waals surface area contributed by atoms with Gasteiger partial charge < -0.3 is 0 Å². The van der Waals surface area contributed by atoms with Gasteiger partial charge in [0.1, 0.15) is 12.1 Å². The Kier molecular flexibility index (Phi) is 6.00. The van der Waals surface area contributed by atoms with Gasteiger partial charge in [0, 0.05) is 33.8 Å². The molecule has 8 nitrogen and oxygen atoms in total. The minimum Gasteiger partial charge on any atom is -0.289 e. The first kappa shape index (κ1) is 22.7. The maximum atomic E-state index is 14.1. The number of pyridine rings is 1. The summed E-state index contributed by atoms with van der Waals surface area (Å²) in [4.78, 5) is 22.2. The molecule has 2 aromatic carbocycles. The summed E-state index contributed by atoms with van der Waals surface area (Å²) in [5.74, 6) is -0.719. The van der Waals surface area contributed by atoms with Crippen LogP contribution in [0.25, 0.3) is 22.2 Å². The second kappa shape index (κ2) is 9.27. The molecular formula is C25H21ClFN7O. The van der Waals surface area contributed by atoms with Crippen LogP contribution >= 0.6 is 11.6 Å². The van der Waals surface area contributed by atoms with Gasteiger partial charge in [-0.05, 0) is 38.1 Å². The number of nitrogens with one attached hydrogen (secondary N) is 1. The summed E-state index contributed by atoms with van der Waals surface area (Å²) in [7, 11) is 0. The molecule has 0 fully saturated rings. The van der Waals surface area contributed by atoms with Gasteiger partial charge in [0.15, 0.2) is 0 Å². The van der Waals surface area contributed by atoms with E-state index in [-0.39, 0.29) is 18.4 Å². The first-order chi connectivity index (χ1) is 16.9. The number of benzene rings is 2. The van der Waals surface area contributed by atoms with Gasteiger partial charge in [-0.1, -0.05) is 35.9 Å². The third kappa shape index (κ3) is 4.38. The Morgan fingerprint density at radius 3 is 2.77 bits per heavy atom. The molecule has 10 heteroatoms. The highest BCUT2D eigenvalue weighted by Gasteiger charge is 2.18. The summed E-state index contributed by atoms with van der Waals surface area (Å²) in [6, 6.07) is 13.7. The van der Waals surface area contributed by atoms with Crippen LogP contribution in [0.4, 0.5) is 10.3 Å². The molecule has 0 saturated carbocycles. The molecule has 176 valence electrons. The first-order valence-electron chi connectivity index (χ1n) is 11.0. The fraction of sp³-hybridized carbons (Fsp3) is 0.160. The van der Waals surface area contributed by atoms with Crippen LogP contribution in [0.1, 0.15) is 28.5 Å². The van der Waals surface area contributed by atoms with E-state index in [4.69, 9.17) is 16.6 Å². The van der Waals surface area contributed by atoms with Crippen molar-refractivity contribution in [3.63, 3.8) is 0 Å². The monoisotopic (exact) mass is 489 g/mol. The number of anilines is 1. The number of nitrogens with zero attached hydrogens (tertiary/aromatic N) is 6. The number of aryl methyl sites for hydroxylation is 1. The third-order valence-corrected chi connectivity index (χ3v) is 6.14. The standard InChI is InChI=1S/C25H21ClFN7O/c1-3-34-15(2)18(12-29-34)23-11-17(16-7-4-5-10-22(16)30-23)24(35)31-25-28-14-33(32-25)13-19-20(26)8-6-9-21(19)27/h4-12,14H,3,13H2,1-2H3,(H,31,32,35). The highest BCUT2D eigenvalue weighted by Crippen LogP contribution is 2.27. The number of carbonyl (C=O) groups is 1. The van der Waals surface area contributed by atoms with Gasteiger partial charge in [0.2, 0.25) is 5.95 Å². The van der Waals surface area contributed by atoms with Gasteiger partial charge >= 0.3 is 0 Å². The molecule has 3 heterocycles. The van der Waals surface area contributed by atoms with Crippen molar-refractivity contribution in [1.82, 2.24) is 29.5 Å². The number of hydrogen-bond donors (Lipinski definition) is 1. The number of amides is 1. The molecule has 35 heavy (non-hydrogen) atoms. The Morgan fingerprint density at radius 2 is 2.00 bits per heavy atom. The molecule has 5 aromatic rings. The molecular weight excluding hydrogens is 469 g/mol. The summed E-state index contributed by atoms with van der Waals surface area (Å²) in [5, 5.41) is 12.4. The Hall–Kier alpha value is -4.11. The van der Waals surface area contributed by atoms with Gasteiger partial charge in [0.25, 0.3) is 5.91 Å². The number of para-hydroxylation sites is 1. The lowest BCUT2D eigenvalue weighted by atomic mass is 10.0. The zero-order chi connectivity index (χ0) is 24.5. The number of rotatable bonds is 6. The Labute approximate surface area is 205 Å². The summed E-state index contributed by atoms with van der Waals surface area (Å²) >= 11 is 6.11. The molecule has 3 aromatic heterocycles. The average Bonchev–Trinajstić information content (AvgIpc) is 3.46. The zero-order valence-electron chi connectivity index (χ0n) is 19.0. The second-order valence-corrected chi connectivity index (χ2v) is 8.36. The third-order valence-electron chi connectivity index (χ3n) is 5.78. The van der Waals surface area contributed by atoms with Crippen molar-refractivity contribution in [3.8, 4) is 11.3 Å². The minimum atomic E-state index is -0.434. The number of carbonyl (C=O) groups excluding carboxylic acids is 1. The number of halogens is 2. The van der Waals surface area contributed by atoms with Crippen LogP contribution in [0.5, 0.6) is 0 Å². The van der Waals surface area contributed by atoms with Crippen LogP contribution in [-0.2, 0) is 13.1 Å². The predicted octanol–water partition coefficient (Wildman–Crippen LogP) is 5.11. The summed E-state index contributed by atoms with van der Waals surface area (Å²) in [6.45, 7) is 4.81. The molecule has 0 radical (unpaired) electrons. The van der Waals surface area contributed by atoms with Crippen LogP contribution in [-0.4, -0.2) is 35.4 Å². The average molecular weight is 490 g/mol. The number of hydrogen-bond acceptors (Lipinski definition) is 5. The van der Waals surface area contributed by atoms with Gasteiger partial charge in [-0.2, -0.15) is 5.10 Å². The van der Waals surface area contributed by atoms with Crippen molar-refractivity contribution in [3.05, 3.63) is 88.7 Å². The van der Waals surface area contributed by atoms with Gasteiger partial charge in [-0.15, -0.1) is 5.10 Å². The lowest BCUT2D eigenvalue weighted by Crippen LogP contribution is -2.15. The topological polar surface area (TPSA) is 90.5 Å². The molecule has 5 rings (SSSR count). The smallest absolute Gasteiger partial charge is 0.258 e. The van der Waals surface area contributed by atoms with Gasteiger partial charge in [-0.25, -0.2) is 19.0 Å². The minimum absolute atomic E-state index is 0.0808. The fourth-order valence-electron chi connectivity index (χ4n) is 3.96. The predicted molar refractivity (Wildman–Crippen MR) is 132 cm³/mol. The molecule has 0 bridgehead atoms. The molecule has 1 N–H and O–H groups in total. The van der Waals surface area contributed by atoms with E-state index in [0.29, 0.717) is 32.7 Å². The van der Waals surface area contributed by atoms with Crippen LogP contribution in [0.3, 0.4) is 0 Å². The first-order valence-corrected chi connectivity index (χ1v) is 11.4. The summed E-state index contributed by atoms with van der Waals surface area (Å²) < 4.78 is 17.4. The SMILES string of the molecule is CCn1ncc(-c2cc(C(=O)Nc3ncn(Cc4c(F)cccc4Cl)n3)c3ccccc3n2)c1C. The quantitative estimate of drug-likeness (QED) is 0.358. The van der Waals surface area contributed by atoms with Gasteiger partial charge in [-0.3, -0.25) is 14.8 Å². The second-order valence-electron chi connectivity index (χ2n) is 7.95. The molecule has 0 unspecified atom stereocenters.